The minimum atomic E-state index is -0.483. The number of ether oxygens (including phenoxy) is 1. The molecule has 126 valence electrons. The number of amides is 1. The van der Waals surface area contributed by atoms with E-state index in [0.717, 1.165) is 5.56 Å². The van der Waals surface area contributed by atoms with E-state index in [1.165, 1.54) is 13.3 Å². The van der Waals surface area contributed by atoms with Crippen LogP contribution in [0.1, 0.15) is 15.9 Å². The van der Waals surface area contributed by atoms with E-state index in [1.54, 1.807) is 24.3 Å². The Hall–Kier alpha value is -3.59. The number of carbonyl (C=O) groups is 2. The number of anilines is 1. The minimum absolute atomic E-state index is 0.0700. The third-order valence-corrected chi connectivity index (χ3v) is 3.33. The molecule has 6 nitrogen and oxygen atoms in total. The standard InChI is InChI=1S/C19H17N3O3/c1-25-19(24)15-8-5-9-17(10-15)21-13-16(11-20)18(23)22-12-14-6-3-2-4-7-14/h2-10,13,21H,12H2,1H3,(H,22,23)/b16-13-. The van der Waals surface area contributed by atoms with Crippen molar-refractivity contribution >= 4 is 17.6 Å². The highest BCUT2D eigenvalue weighted by Crippen LogP contribution is 2.12. The molecular weight excluding hydrogens is 318 g/mol. The number of benzene rings is 2. The van der Waals surface area contributed by atoms with Crippen LogP contribution in [0.4, 0.5) is 5.69 Å². The Balaban J connectivity index is 2.01. The van der Waals surface area contributed by atoms with Crippen LogP contribution in [0.2, 0.25) is 0 Å². The monoisotopic (exact) mass is 335 g/mol. The number of nitriles is 1. The Labute approximate surface area is 145 Å². The van der Waals surface area contributed by atoms with E-state index in [0.29, 0.717) is 17.8 Å². The molecule has 2 N–H and O–H groups in total. The van der Waals surface area contributed by atoms with Gasteiger partial charge in [0, 0.05) is 18.4 Å². The topological polar surface area (TPSA) is 91.2 Å². The molecule has 1 amide bonds. The average Bonchev–Trinajstić information content (AvgIpc) is 2.67. The summed E-state index contributed by atoms with van der Waals surface area (Å²) in [7, 11) is 1.30. The molecule has 0 aliphatic carbocycles. The van der Waals surface area contributed by atoms with E-state index in [9.17, 15) is 9.59 Å². The third kappa shape index (κ3) is 5.22. The van der Waals surface area contributed by atoms with Gasteiger partial charge in [-0.1, -0.05) is 36.4 Å². The molecular formula is C19H17N3O3. The highest BCUT2D eigenvalue weighted by atomic mass is 16.5. The second-order valence-electron chi connectivity index (χ2n) is 5.05. The Morgan fingerprint density at radius 3 is 2.60 bits per heavy atom. The van der Waals surface area contributed by atoms with Gasteiger partial charge in [0.1, 0.15) is 11.6 Å². The van der Waals surface area contributed by atoms with Crippen molar-refractivity contribution < 1.29 is 14.3 Å². The fourth-order valence-electron chi connectivity index (χ4n) is 2.03. The maximum absolute atomic E-state index is 12.1. The number of methoxy groups -OCH3 is 1. The number of esters is 1. The van der Waals surface area contributed by atoms with E-state index < -0.39 is 11.9 Å². The molecule has 2 aromatic rings. The molecule has 0 radical (unpaired) electrons. The van der Waals surface area contributed by atoms with E-state index in [-0.39, 0.29) is 5.57 Å². The van der Waals surface area contributed by atoms with E-state index >= 15 is 0 Å². The lowest BCUT2D eigenvalue weighted by Crippen LogP contribution is -2.24. The van der Waals surface area contributed by atoms with Crippen LogP contribution in [0.15, 0.2) is 66.4 Å². The molecule has 0 saturated heterocycles. The molecule has 0 heterocycles. The van der Waals surface area contributed by atoms with E-state index in [2.05, 4.69) is 15.4 Å². The molecule has 2 aromatic carbocycles. The van der Waals surface area contributed by atoms with Gasteiger partial charge in [-0.2, -0.15) is 5.26 Å². The lowest BCUT2D eigenvalue weighted by molar-refractivity contribution is -0.117. The van der Waals surface area contributed by atoms with Gasteiger partial charge in [0.2, 0.25) is 0 Å². The lowest BCUT2D eigenvalue weighted by Gasteiger charge is -2.06. The predicted octanol–water partition coefficient (Wildman–Crippen LogP) is 2.61. The Morgan fingerprint density at radius 1 is 1.16 bits per heavy atom. The number of hydrogen-bond donors (Lipinski definition) is 2. The molecule has 0 aromatic heterocycles. The first-order valence-corrected chi connectivity index (χ1v) is 7.51. The van der Waals surface area contributed by atoms with Crippen LogP contribution in [0.25, 0.3) is 0 Å². The van der Waals surface area contributed by atoms with Crippen molar-refractivity contribution in [3.05, 3.63) is 77.5 Å². The van der Waals surface area contributed by atoms with Crippen LogP contribution >= 0.6 is 0 Å². The SMILES string of the molecule is COC(=O)c1cccc(N/C=C(/C#N)C(=O)NCc2ccccc2)c1. The van der Waals surface area contributed by atoms with Gasteiger partial charge in [0.05, 0.1) is 12.7 Å². The smallest absolute Gasteiger partial charge is 0.337 e. The Morgan fingerprint density at radius 2 is 1.92 bits per heavy atom. The van der Waals surface area contributed by atoms with Gasteiger partial charge < -0.3 is 15.4 Å². The largest absolute Gasteiger partial charge is 0.465 e. The molecule has 0 atom stereocenters. The van der Waals surface area contributed by atoms with Crippen molar-refractivity contribution in [1.82, 2.24) is 5.32 Å². The van der Waals surface area contributed by atoms with E-state index in [1.807, 2.05) is 36.4 Å². The number of carbonyl (C=O) groups excluding carboxylic acids is 2. The number of nitrogens with one attached hydrogen (secondary N) is 2. The van der Waals surface area contributed by atoms with Crippen LogP contribution < -0.4 is 10.6 Å². The second-order valence-corrected chi connectivity index (χ2v) is 5.05. The van der Waals surface area contributed by atoms with Crippen LogP contribution in [0.5, 0.6) is 0 Å². The molecule has 0 spiro atoms. The molecule has 0 aliphatic heterocycles. The van der Waals surface area contributed by atoms with Crippen molar-refractivity contribution in [1.29, 1.82) is 5.26 Å². The van der Waals surface area contributed by atoms with Crippen LogP contribution in [-0.2, 0) is 16.1 Å². The van der Waals surface area contributed by atoms with Gasteiger partial charge in [-0.25, -0.2) is 4.79 Å². The molecule has 0 saturated carbocycles. The summed E-state index contributed by atoms with van der Waals surface area (Å²) in [5, 5.41) is 14.7. The summed E-state index contributed by atoms with van der Waals surface area (Å²) in [6.07, 6.45) is 1.30. The van der Waals surface area contributed by atoms with Gasteiger partial charge in [-0.05, 0) is 23.8 Å². The van der Waals surface area contributed by atoms with Crippen molar-refractivity contribution in [2.75, 3.05) is 12.4 Å². The summed E-state index contributed by atoms with van der Waals surface area (Å²) in [4.78, 5) is 23.6. The summed E-state index contributed by atoms with van der Waals surface area (Å²) in [5.74, 6) is -0.947. The molecule has 0 aliphatic rings. The van der Waals surface area contributed by atoms with Crippen molar-refractivity contribution in [2.45, 2.75) is 6.54 Å². The molecule has 0 bridgehead atoms. The number of rotatable bonds is 6. The zero-order chi connectivity index (χ0) is 18.1. The summed E-state index contributed by atoms with van der Waals surface area (Å²) in [5.41, 5.74) is 1.80. The lowest BCUT2D eigenvalue weighted by atomic mass is 10.2. The van der Waals surface area contributed by atoms with Crippen molar-refractivity contribution in [3.8, 4) is 6.07 Å². The van der Waals surface area contributed by atoms with Crippen molar-refractivity contribution in [2.24, 2.45) is 0 Å². The fourth-order valence-corrected chi connectivity index (χ4v) is 2.03. The summed E-state index contributed by atoms with van der Waals surface area (Å²) >= 11 is 0. The fraction of sp³-hybridized carbons (Fsp3) is 0.105. The number of nitrogens with zero attached hydrogens (tertiary/aromatic N) is 1. The minimum Gasteiger partial charge on any atom is -0.465 e. The van der Waals surface area contributed by atoms with Gasteiger partial charge in [-0.15, -0.1) is 0 Å². The number of hydrogen-bond acceptors (Lipinski definition) is 5. The van der Waals surface area contributed by atoms with Gasteiger partial charge in [-0.3, -0.25) is 4.79 Å². The average molecular weight is 335 g/mol. The maximum atomic E-state index is 12.1. The summed E-state index contributed by atoms with van der Waals surface area (Å²) in [6, 6.07) is 17.8. The molecule has 0 fully saturated rings. The first-order valence-electron chi connectivity index (χ1n) is 7.51. The zero-order valence-electron chi connectivity index (χ0n) is 13.7. The van der Waals surface area contributed by atoms with Crippen LogP contribution in [-0.4, -0.2) is 19.0 Å². The van der Waals surface area contributed by atoms with Crippen LogP contribution in [0, 0.1) is 11.3 Å². The molecule has 0 unspecified atom stereocenters. The maximum Gasteiger partial charge on any atom is 0.337 e. The normalized spacial score (nSPS) is 10.5. The quantitative estimate of drug-likeness (QED) is 0.481. The predicted molar refractivity (Wildman–Crippen MR) is 93.4 cm³/mol. The second kappa shape index (κ2) is 8.89. The molecule has 25 heavy (non-hydrogen) atoms. The highest BCUT2D eigenvalue weighted by molar-refractivity contribution is 5.97. The van der Waals surface area contributed by atoms with E-state index in [4.69, 9.17) is 5.26 Å². The molecule has 6 heteroatoms. The van der Waals surface area contributed by atoms with Gasteiger partial charge in [0.25, 0.3) is 5.91 Å². The Kier molecular flexibility index (Phi) is 6.32. The first kappa shape index (κ1) is 17.8. The zero-order valence-corrected chi connectivity index (χ0v) is 13.7. The first-order chi connectivity index (χ1) is 12.1. The third-order valence-electron chi connectivity index (χ3n) is 3.33. The van der Waals surface area contributed by atoms with Crippen LogP contribution in [0.3, 0.4) is 0 Å². The van der Waals surface area contributed by atoms with Gasteiger partial charge >= 0.3 is 5.97 Å². The Bertz CT molecular complexity index is 823. The van der Waals surface area contributed by atoms with Gasteiger partial charge in [0.15, 0.2) is 0 Å². The summed E-state index contributed by atoms with van der Waals surface area (Å²) < 4.78 is 4.65. The van der Waals surface area contributed by atoms with Crippen molar-refractivity contribution in [3.63, 3.8) is 0 Å². The highest BCUT2D eigenvalue weighted by Gasteiger charge is 2.09. The summed E-state index contributed by atoms with van der Waals surface area (Å²) in [6.45, 7) is 0.330. The molecule has 2 rings (SSSR count).